The lowest BCUT2D eigenvalue weighted by atomic mass is 9.85. The quantitative estimate of drug-likeness (QED) is 0.271. The Morgan fingerprint density at radius 2 is 1.84 bits per heavy atom. The molecule has 0 radical (unpaired) electrons. The third kappa shape index (κ3) is 8.17. The van der Waals surface area contributed by atoms with Crippen LogP contribution in [0.4, 0.5) is 18.0 Å². The number of carbonyl (C=O) groups is 4. The first-order chi connectivity index (χ1) is 27.0. The molecule has 318 valence electrons. The molecule has 1 aromatic heterocycles. The van der Waals surface area contributed by atoms with E-state index in [1.165, 1.54) is 20.0 Å². The number of carbonyl (C=O) groups excluding carboxylic acids is 3. The van der Waals surface area contributed by atoms with Gasteiger partial charge in [-0.3, -0.25) is 24.0 Å². The second kappa shape index (κ2) is 15.5. The average Bonchev–Trinajstić information content (AvgIpc) is 4.01. The Kier molecular flexibility index (Phi) is 11.5. The number of sulfonamides is 1. The van der Waals surface area contributed by atoms with Gasteiger partial charge in [0.15, 0.2) is 0 Å². The van der Waals surface area contributed by atoms with E-state index < -0.39 is 85.9 Å². The largest absolute Gasteiger partial charge is 0.494 e. The van der Waals surface area contributed by atoms with Crippen LogP contribution in [0.15, 0.2) is 42.6 Å². The molecule has 3 N–H and O–H groups in total. The van der Waals surface area contributed by atoms with Crippen molar-refractivity contribution in [1.29, 1.82) is 0 Å². The highest BCUT2D eigenvalue weighted by molar-refractivity contribution is 7.91. The second-order valence-electron chi connectivity index (χ2n) is 17.0. The topological polar surface area (TPSA) is 185 Å². The standard InChI is InChI=1S/C40H52F3N5O9S/c1-7-56-27-12-13-29-25(19-27)14-17-44-33(29)57-28-20-30-32(49)45-39(35(51)46-58(54,55)38(6)15-16-38)21-26(39)11-9-8-10-23(2)18-24(3)31(34(50)47(30)22-28)48(36(52)53)37(4,5)40(41,42)43/h9,11-14,17,19,23-24,26,28,30-31H,7-8,10,15-16,18,20-22H2,1-6H3,(H,45,49)(H,46,51)(H,52,53)/t23-,24+,26+,28+,30-,31-,39+/m0/s1. The molecule has 2 aliphatic carbocycles. The van der Waals surface area contributed by atoms with Gasteiger partial charge in [-0.15, -0.1) is 0 Å². The molecule has 7 atom stereocenters. The number of amides is 4. The smallest absolute Gasteiger partial charge is 0.411 e. The minimum atomic E-state index is -5.09. The van der Waals surface area contributed by atoms with Crippen molar-refractivity contribution in [3.05, 3.63) is 42.6 Å². The SMILES string of the molecule is CCOc1ccc2c(O[C@@H]3C[C@H]4C(=O)N[C@]5(C(=O)NS(=O)(=O)C6(C)CC6)C[C@H]5C=CCC[C@H](C)C[C@@H](C)[C@H](N(C(=O)O)C(C)(C)C(F)(F)F)C(=O)N4C3)nccc2c1. The third-order valence-electron chi connectivity index (χ3n) is 12.3. The molecule has 2 aliphatic heterocycles. The second-order valence-corrected chi connectivity index (χ2v) is 19.2. The van der Waals surface area contributed by atoms with Crippen LogP contribution < -0.4 is 19.5 Å². The summed E-state index contributed by atoms with van der Waals surface area (Å²) in [4.78, 5) is 61.9. The van der Waals surface area contributed by atoms with Crippen molar-refractivity contribution in [2.75, 3.05) is 13.2 Å². The van der Waals surface area contributed by atoms with E-state index in [1.807, 2.05) is 19.9 Å². The highest BCUT2D eigenvalue weighted by atomic mass is 32.2. The summed E-state index contributed by atoms with van der Waals surface area (Å²) in [6, 6.07) is 3.62. The molecule has 0 spiro atoms. The molecule has 14 nitrogen and oxygen atoms in total. The molecule has 1 aromatic carbocycles. The van der Waals surface area contributed by atoms with Crippen LogP contribution in [-0.2, 0) is 24.4 Å². The van der Waals surface area contributed by atoms with Gasteiger partial charge in [0.2, 0.25) is 27.7 Å². The lowest BCUT2D eigenvalue weighted by Crippen LogP contribution is -2.66. The molecule has 2 aromatic rings. The van der Waals surface area contributed by atoms with Crippen LogP contribution in [0.3, 0.4) is 0 Å². The van der Waals surface area contributed by atoms with E-state index in [0.29, 0.717) is 62.7 Å². The maximum absolute atomic E-state index is 15.0. The summed E-state index contributed by atoms with van der Waals surface area (Å²) in [5, 5.41) is 14.5. The predicted molar refractivity (Wildman–Crippen MR) is 206 cm³/mol. The van der Waals surface area contributed by atoms with Crippen molar-refractivity contribution in [3.63, 3.8) is 0 Å². The average molecular weight is 836 g/mol. The summed E-state index contributed by atoms with van der Waals surface area (Å²) < 4.78 is 83.5. The minimum absolute atomic E-state index is 0.0549. The fourth-order valence-electron chi connectivity index (χ4n) is 8.22. The number of hydrogen-bond donors (Lipinski definition) is 3. The summed E-state index contributed by atoms with van der Waals surface area (Å²) in [6.07, 6.45) is -1.28. The Labute approximate surface area is 335 Å². The number of aromatic nitrogens is 1. The molecule has 3 fully saturated rings. The van der Waals surface area contributed by atoms with Crippen molar-refractivity contribution >= 4 is 44.6 Å². The van der Waals surface area contributed by atoms with Gasteiger partial charge in [-0.2, -0.15) is 13.2 Å². The number of hydrogen-bond acceptors (Lipinski definition) is 9. The summed E-state index contributed by atoms with van der Waals surface area (Å²) in [7, 11) is -4.12. The molecule has 18 heteroatoms. The van der Waals surface area contributed by atoms with Crippen molar-refractivity contribution < 1.29 is 55.3 Å². The van der Waals surface area contributed by atoms with Crippen molar-refractivity contribution in [1.82, 2.24) is 24.8 Å². The highest BCUT2D eigenvalue weighted by Crippen LogP contribution is 2.48. The molecule has 1 saturated heterocycles. The molecular weight excluding hydrogens is 784 g/mol. The van der Waals surface area contributed by atoms with E-state index in [4.69, 9.17) is 9.47 Å². The Bertz CT molecular complexity index is 2090. The van der Waals surface area contributed by atoms with Gasteiger partial charge in [0.25, 0.3) is 5.91 Å². The molecule has 3 heterocycles. The van der Waals surface area contributed by atoms with Crippen LogP contribution >= 0.6 is 0 Å². The van der Waals surface area contributed by atoms with E-state index in [2.05, 4.69) is 15.0 Å². The van der Waals surface area contributed by atoms with E-state index in [0.717, 1.165) is 4.90 Å². The van der Waals surface area contributed by atoms with Gasteiger partial charge in [0.05, 0.1) is 17.9 Å². The van der Waals surface area contributed by atoms with E-state index >= 15 is 0 Å². The molecule has 4 aliphatic rings. The molecule has 6 rings (SSSR count). The van der Waals surface area contributed by atoms with Gasteiger partial charge < -0.3 is 24.8 Å². The van der Waals surface area contributed by atoms with E-state index in [1.54, 1.807) is 30.3 Å². The maximum atomic E-state index is 15.0. The Balaban J connectivity index is 1.41. The van der Waals surface area contributed by atoms with Crippen LogP contribution in [0.1, 0.15) is 86.5 Å². The summed E-state index contributed by atoms with van der Waals surface area (Å²) in [6.45, 7) is 8.21. The molecule has 0 unspecified atom stereocenters. The number of ether oxygens (including phenoxy) is 2. The van der Waals surface area contributed by atoms with Crippen molar-refractivity contribution in [3.8, 4) is 11.6 Å². The van der Waals surface area contributed by atoms with Gasteiger partial charge in [-0.25, -0.2) is 18.2 Å². The van der Waals surface area contributed by atoms with Crippen LogP contribution in [0.25, 0.3) is 10.8 Å². The number of pyridine rings is 1. The summed E-state index contributed by atoms with van der Waals surface area (Å²) in [5.41, 5.74) is -4.74. The Morgan fingerprint density at radius 3 is 2.48 bits per heavy atom. The molecule has 58 heavy (non-hydrogen) atoms. The number of allylic oxidation sites excluding steroid dienone is 1. The number of nitrogens with zero attached hydrogens (tertiary/aromatic N) is 3. The number of alkyl halides is 3. The van der Waals surface area contributed by atoms with Gasteiger partial charge in [-0.05, 0) is 108 Å². The zero-order valence-corrected chi connectivity index (χ0v) is 34.3. The third-order valence-corrected chi connectivity index (χ3v) is 14.4. The van der Waals surface area contributed by atoms with E-state index in [9.17, 15) is 45.9 Å². The van der Waals surface area contributed by atoms with Gasteiger partial charge in [0, 0.05) is 23.9 Å². The monoisotopic (exact) mass is 835 g/mol. The summed E-state index contributed by atoms with van der Waals surface area (Å²) >= 11 is 0. The number of fused-ring (bicyclic) bond motifs is 3. The zero-order valence-electron chi connectivity index (χ0n) is 33.5. The first-order valence-corrected chi connectivity index (χ1v) is 21.2. The van der Waals surface area contributed by atoms with Gasteiger partial charge in [-0.1, -0.05) is 26.0 Å². The van der Waals surface area contributed by atoms with Crippen LogP contribution in [0.2, 0.25) is 0 Å². The molecular formula is C40H52F3N5O9S. The Morgan fingerprint density at radius 1 is 1.14 bits per heavy atom. The molecule has 2 saturated carbocycles. The highest BCUT2D eigenvalue weighted by Gasteiger charge is 2.64. The zero-order chi connectivity index (χ0) is 42.6. The number of rotatable bonds is 9. The minimum Gasteiger partial charge on any atom is -0.494 e. The van der Waals surface area contributed by atoms with Crippen LogP contribution in [-0.4, -0.2) is 105 Å². The van der Waals surface area contributed by atoms with E-state index in [-0.39, 0.29) is 42.5 Å². The van der Waals surface area contributed by atoms with Crippen LogP contribution in [0, 0.1) is 17.8 Å². The number of halogens is 3. The lowest BCUT2D eigenvalue weighted by Gasteiger charge is -2.45. The van der Waals surface area contributed by atoms with Crippen molar-refractivity contribution in [2.24, 2.45) is 17.8 Å². The predicted octanol–water partition coefficient (Wildman–Crippen LogP) is 5.56. The van der Waals surface area contributed by atoms with Crippen LogP contribution in [0.5, 0.6) is 11.6 Å². The number of benzene rings is 1. The molecule has 0 bridgehead atoms. The Hall–Kier alpha value is -4.61. The fraction of sp³-hybridized carbons (Fsp3) is 0.625. The first-order valence-electron chi connectivity index (χ1n) is 19.7. The van der Waals surface area contributed by atoms with Crippen molar-refractivity contribution in [2.45, 2.75) is 127 Å². The number of carboxylic acid groups (broad SMARTS) is 1. The molecule has 4 amide bonds. The lowest BCUT2D eigenvalue weighted by molar-refractivity contribution is -0.222. The fourth-order valence-corrected chi connectivity index (χ4v) is 9.53. The van der Waals surface area contributed by atoms with Gasteiger partial charge in [0.1, 0.15) is 35.0 Å². The summed E-state index contributed by atoms with van der Waals surface area (Å²) in [5.74, 6) is -3.84. The number of nitrogens with one attached hydrogen (secondary N) is 2. The maximum Gasteiger partial charge on any atom is 0.411 e. The van der Waals surface area contributed by atoms with Gasteiger partial charge >= 0.3 is 12.3 Å². The normalized spacial score (nSPS) is 28.9. The first kappa shape index (κ1) is 43.0.